The number of nitrogens with zero attached hydrogens (tertiary/aromatic N) is 2. The molecule has 0 aliphatic carbocycles. The molecule has 1 fully saturated rings. The van der Waals surface area contributed by atoms with E-state index in [1.165, 1.54) is 19.3 Å². The first-order chi connectivity index (χ1) is 12.0. The van der Waals surface area contributed by atoms with Gasteiger partial charge in [0, 0.05) is 24.3 Å². The molecule has 1 aliphatic rings. The van der Waals surface area contributed by atoms with E-state index in [1.54, 1.807) is 0 Å². The topological polar surface area (TPSA) is 58.4 Å². The summed E-state index contributed by atoms with van der Waals surface area (Å²) in [6.07, 6.45) is 3.68. The highest BCUT2D eigenvalue weighted by Crippen LogP contribution is 2.31. The van der Waals surface area contributed by atoms with Crippen molar-refractivity contribution in [1.82, 2.24) is 5.16 Å². The van der Waals surface area contributed by atoms with Crippen LogP contribution in [0.25, 0.3) is 0 Å². The highest BCUT2D eigenvalue weighted by atomic mass is 35.5. The fourth-order valence-corrected chi connectivity index (χ4v) is 3.77. The quantitative estimate of drug-likeness (QED) is 0.859. The number of carbonyl (C=O) groups is 1. The van der Waals surface area contributed by atoms with Crippen LogP contribution < -0.4 is 10.2 Å². The van der Waals surface area contributed by atoms with Crippen molar-refractivity contribution in [2.45, 2.75) is 46.0 Å². The molecule has 2 aromatic rings. The summed E-state index contributed by atoms with van der Waals surface area (Å²) in [7, 11) is 0. The van der Waals surface area contributed by atoms with E-state index < -0.39 is 0 Å². The minimum atomic E-state index is -0.341. The Morgan fingerprint density at radius 3 is 2.60 bits per heavy atom. The van der Waals surface area contributed by atoms with E-state index >= 15 is 0 Å². The van der Waals surface area contributed by atoms with Crippen LogP contribution in [-0.4, -0.2) is 24.2 Å². The average Bonchev–Trinajstić information content (AvgIpc) is 2.93. The van der Waals surface area contributed by atoms with Crippen LogP contribution in [0.4, 0.5) is 11.4 Å². The van der Waals surface area contributed by atoms with Gasteiger partial charge >= 0.3 is 0 Å². The molecule has 1 N–H and O–H groups in total. The maximum atomic E-state index is 12.6. The van der Waals surface area contributed by atoms with Gasteiger partial charge in [-0.1, -0.05) is 16.8 Å². The smallest absolute Gasteiger partial charge is 0.231 e. The zero-order valence-electron chi connectivity index (χ0n) is 14.9. The van der Waals surface area contributed by atoms with Gasteiger partial charge in [-0.15, -0.1) is 0 Å². The first-order valence-corrected chi connectivity index (χ1v) is 9.13. The maximum Gasteiger partial charge on any atom is 0.231 e. The van der Waals surface area contributed by atoms with E-state index in [0.717, 1.165) is 30.0 Å². The summed E-state index contributed by atoms with van der Waals surface area (Å²) >= 11 is 6.46. The lowest BCUT2D eigenvalue weighted by Gasteiger charge is -2.29. The molecular formula is C19H24ClN3O2. The first-order valence-electron chi connectivity index (χ1n) is 8.75. The molecule has 0 bridgehead atoms. The highest BCUT2D eigenvalue weighted by molar-refractivity contribution is 6.33. The highest BCUT2D eigenvalue weighted by Gasteiger charge is 2.23. The number of rotatable bonds is 4. The van der Waals surface area contributed by atoms with Crippen LogP contribution >= 0.6 is 11.6 Å². The summed E-state index contributed by atoms with van der Waals surface area (Å²) in [5.74, 6) is 0.238. The molecule has 2 heterocycles. The van der Waals surface area contributed by atoms with Crippen molar-refractivity contribution in [3.8, 4) is 0 Å². The van der Waals surface area contributed by atoms with Gasteiger partial charge < -0.3 is 14.7 Å². The number of benzene rings is 1. The number of nitrogens with one attached hydrogen (secondary N) is 1. The lowest BCUT2D eigenvalue weighted by molar-refractivity contribution is -0.117. The molecule has 1 aromatic heterocycles. The fraction of sp³-hybridized carbons (Fsp3) is 0.474. The molecule has 25 heavy (non-hydrogen) atoms. The Morgan fingerprint density at radius 2 is 2.00 bits per heavy atom. The fourth-order valence-electron chi connectivity index (χ4n) is 3.47. The lowest BCUT2D eigenvalue weighted by atomic mass is 9.98. The molecule has 3 rings (SSSR count). The van der Waals surface area contributed by atoms with Crippen LogP contribution in [0.2, 0.25) is 5.02 Å². The van der Waals surface area contributed by atoms with Gasteiger partial charge in [0.05, 0.1) is 22.3 Å². The Hall–Kier alpha value is -2.01. The molecule has 134 valence electrons. The first kappa shape index (κ1) is 17.8. The summed E-state index contributed by atoms with van der Waals surface area (Å²) in [6.45, 7) is 7.60. The average molecular weight is 362 g/mol. The van der Waals surface area contributed by atoms with Crippen molar-refractivity contribution in [3.05, 3.63) is 40.2 Å². The Labute approximate surface area is 153 Å². The van der Waals surface area contributed by atoms with Crippen LogP contribution in [0.3, 0.4) is 0 Å². The third-order valence-corrected chi connectivity index (χ3v) is 5.13. The molecule has 0 saturated carbocycles. The number of hydrogen-bond donors (Lipinski definition) is 1. The predicted octanol–water partition coefficient (Wildman–Crippen LogP) is 4.68. The van der Waals surface area contributed by atoms with Gasteiger partial charge in [-0.05, 0) is 58.2 Å². The van der Waals surface area contributed by atoms with Crippen molar-refractivity contribution in [3.63, 3.8) is 0 Å². The standard InChI is InChI=1S/C19H24ClN3O2/c1-12(18-13(2)22-25-14(18)3)19(24)21-15-7-8-17(16(20)11-15)23-9-5-4-6-10-23/h7-8,11-12H,4-6,9-10H2,1-3H3,(H,21,24). The normalized spacial score (nSPS) is 15.9. The second kappa shape index (κ2) is 7.48. The number of anilines is 2. The zero-order valence-corrected chi connectivity index (χ0v) is 15.7. The van der Waals surface area contributed by atoms with Crippen molar-refractivity contribution < 1.29 is 9.32 Å². The summed E-state index contributed by atoms with van der Waals surface area (Å²) in [5.41, 5.74) is 3.33. The van der Waals surface area contributed by atoms with Gasteiger partial charge in [0.15, 0.2) is 0 Å². The minimum absolute atomic E-state index is 0.101. The van der Waals surface area contributed by atoms with E-state index in [9.17, 15) is 4.79 Å². The van der Waals surface area contributed by atoms with Gasteiger partial charge in [-0.3, -0.25) is 4.79 Å². The molecule has 1 unspecified atom stereocenters. The van der Waals surface area contributed by atoms with Gasteiger partial charge in [0.1, 0.15) is 5.76 Å². The predicted molar refractivity (Wildman–Crippen MR) is 101 cm³/mol. The van der Waals surface area contributed by atoms with Crippen LogP contribution in [0.5, 0.6) is 0 Å². The maximum absolute atomic E-state index is 12.6. The molecule has 6 heteroatoms. The van der Waals surface area contributed by atoms with Gasteiger partial charge in [0.25, 0.3) is 0 Å². The SMILES string of the molecule is Cc1noc(C)c1C(C)C(=O)Nc1ccc(N2CCCCC2)c(Cl)c1. The molecule has 0 radical (unpaired) electrons. The van der Waals surface area contributed by atoms with E-state index in [1.807, 2.05) is 39.0 Å². The molecular weight excluding hydrogens is 338 g/mol. The van der Waals surface area contributed by atoms with Gasteiger partial charge in [0.2, 0.25) is 5.91 Å². The van der Waals surface area contributed by atoms with Crippen molar-refractivity contribution >= 4 is 28.9 Å². The van der Waals surface area contributed by atoms with E-state index in [0.29, 0.717) is 16.5 Å². The van der Waals surface area contributed by atoms with Gasteiger partial charge in [-0.2, -0.15) is 0 Å². The molecule has 1 aliphatic heterocycles. The summed E-state index contributed by atoms with van der Waals surface area (Å²) in [6, 6.07) is 5.72. The van der Waals surface area contributed by atoms with E-state index in [2.05, 4.69) is 15.4 Å². The second-order valence-electron chi connectivity index (χ2n) is 6.66. The monoisotopic (exact) mass is 361 g/mol. The van der Waals surface area contributed by atoms with Gasteiger partial charge in [-0.25, -0.2) is 0 Å². The van der Waals surface area contributed by atoms with Crippen LogP contribution in [0, 0.1) is 13.8 Å². The van der Waals surface area contributed by atoms with Crippen LogP contribution in [-0.2, 0) is 4.79 Å². The third-order valence-electron chi connectivity index (χ3n) is 4.83. The summed E-state index contributed by atoms with van der Waals surface area (Å²) in [4.78, 5) is 14.9. The summed E-state index contributed by atoms with van der Waals surface area (Å²) < 4.78 is 5.16. The van der Waals surface area contributed by atoms with Crippen molar-refractivity contribution in [2.75, 3.05) is 23.3 Å². The van der Waals surface area contributed by atoms with E-state index in [4.69, 9.17) is 16.1 Å². The molecule has 5 nitrogen and oxygen atoms in total. The lowest BCUT2D eigenvalue weighted by Crippen LogP contribution is -2.29. The number of aryl methyl sites for hydroxylation is 2. The van der Waals surface area contributed by atoms with Crippen LogP contribution in [0.1, 0.15) is 49.1 Å². The third kappa shape index (κ3) is 3.82. The number of halogens is 1. The molecule has 0 spiro atoms. The second-order valence-corrected chi connectivity index (χ2v) is 7.07. The van der Waals surface area contributed by atoms with Crippen molar-refractivity contribution in [2.24, 2.45) is 0 Å². The molecule has 1 atom stereocenters. The minimum Gasteiger partial charge on any atom is -0.370 e. The molecule has 1 saturated heterocycles. The number of aromatic nitrogens is 1. The van der Waals surface area contributed by atoms with Crippen LogP contribution in [0.15, 0.2) is 22.7 Å². The Balaban J connectivity index is 1.72. The largest absolute Gasteiger partial charge is 0.370 e. The Morgan fingerprint density at radius 1 is 1.28 bits per heavy atom. The number of carbonyl (C=O) groups excluding carboxylic acids is 1. The number of amides is 1. The van der Waals surface area contributed by atoms with E-state index in [-0.39, 0.29) is 11.8 Å². The molecule has 1 aromatic carbocycles. The molecule has 1 amide bonds. The Kier molecular flexibility index (Phi) is 5.33. The zero-order chi connectivity index (χ0) is 18.0. The Bertz CT molecular complexity index is 747. The number of hydrogen-bond acceptors (Lipinski definition) is 4. The van der Waals surface area contributed by atoms with Crippen molar-refractivity contribution in [1.29, 1.82) is 0 Å². The number of piperidine rings is 1. The summed E-state index contributed by atoms with van der Waals surface area (Å²) in [5, 5.41) is 7.54.